The molecule has 0 amide bonds. The lowest BCUT2D eigenvalue weighted by atomic mass is 9.93. The van der Waals surface area contributed by atoms with Crippen molar-refractivity contribution in [2.75, 3.05) is 19.7 Å². The summed E-state index contributed by atoms with van der Waals surface area (Å²) < 4.78 is 81.1. The summed E-state index contributed by atoms with van der Waals surface area (Å²) in [6, 6.07) is 10.3. The zero-order valence-corrected chi connectivity index (χ0v) is 25.2. The van der Waals surface area contributed by atoms with Crippen molar-refractivity contribution in [3.8, 4) is 23.5 Å². The number of aromatic nitrogens is 8. The molecule has 7 rings (SSSR count). The summed E-state index contributed by atoms with van der Waals surface area (Å²) in [7, 11) is 0. The van der Waals surface area contributed by atoms with Crippen LogP contribution < -0.4 is 4.74 Å². The van der Waals surface area contributed by atoms with Crippen molar-refractivity contribution in [1.29, 1.82) is 5.26 Å². The number of nitrogens with zero attached hydrogens (tertiary/aromatic N) is 9. The molecule has 0 bridgehead atoms. The molecule has 248 valence electrons. The van der Waals surface area contributed by atoms with Gasteiger partial charge in [-0.15, -0.1) is 20.4 Å². The lowest BCUT2D eigenvalue weighted by Crippen LogP contribution is -2.35. The lowest BCUT2D eigenvalue weighted by Gasteiger charge is -2.32. The van der Waals surface area contributed by atoms with Crippen molar-refractivity contribution >= 4 is 11.2 Å². The Hall–Kier alpha value is -5.08. The number of likely N-dealkylation sites (tertiary alicyclic amines) is 1. The molecule has 1 atom stereocenters. The third kappa shape index (κ3) is 6.53. The van der Waals surface area contributed by atoms with Crippen molar-refractivity contribution in [2.24, 2.45) is 0 Å². The summed E-state index contributed by atoms with van der Waals surface area (Å²) in [5.41, 5.74) is 2.05. The maximum Gasteiger partial charge on any atom is 0.451 e. The highest BCUT2D eigenvalue weighted by atomic mass is 19.4. The molecular weight excluding hydrogens is 639 g/mol. The minimum atomic E-state index is -4.68. The molecule has 17 heteroatoms. The largest absolute Gasteiger partial charge is 0.471 e. The normalized spacial score (nSPS) is 17.4. The van der Waals surface area contributed by atoms with Crippen molar-refractivity contribution in [1.82, 2.24) is 44.8 Å². The molecule has 2 aliphatic heterocycles. The number of alkyl halides is 3. The van der Waals surface area contributed by atoms with Crippen LogP contribution in [0.15, 0.2) is 36.4 Å². The number of halogens is 5. The third-order valence-corrected chi connectivity index (χ3v) is 8.50. The van der Waals surface area contributed by atoms with Gasteiger partial charge in [0.05, 0.1) is 30.8 Å². The first-order chi connectivity index (χ1) is 23.1. The maximum atomic E-state index is 14.6. The van der Waals surface area contributed by atoms with Crippen molar-refractivity contribution in [2.45, 2.75) is 57.2 Å². The van der Waals surface area contributed by atoms with Gasteiger partial charge in [-0.25, -0.2) is 18.7 Å². The molecule has 2 aliphatic rings. The summed E-state index contributed by atoms with van der Waals surface area (Å²) in [6.45, 7) is 2.79. The number of hydrogen-bond donors (Lipinski definition) is 1. The van der Waals surface area contributed by atoms with E-state index in [2.05, 4.69) is 35.3 Å². The maximum absolute atomic E-state index is 14.6. The number of aromatic amines is 1. The van der Waals surface area contributed by atoms with Crippen molar-refractivity contribution in [3.05, 3.63) is 76.5 Å². The van der Waals surface area contributed by atoms with Gasteiger partial charge in [0.2, 0.25) is 5.82 Å². The van der Waals surface area contributed by atoms with E-state index in [1.54, 1.807) is 6.07 Å². The Morgan fingerprint density at radius 1 is 0.979 bits per heavy atom. The van der Waals surface area contributed by atoms with Gasteiger partial charge in [-0.3, -0.25) is 4.90 Å². The molecule has 6 heterocycles. The number of pyridine rings is 1. The molecule has 1 aromatic carbocycles. The fourth-order valence-electron chi connectivity index (χ4n) is 5.77. The zero-order valence-electron chi connectivity index (χ0n) is 25.2. The molecule has 1 N–H and O–H groups in total. The van der Waals surface area contributed by atoms with Crippen LogP contribution in [0.3, 0.4) is 0 Å². The molecular formula is C31H27F5N10O2. The van der Waals surface area contributed by atoms with Crippen LogP contribution in [0.4, 0.5) is 22.0 Å². The van der Waals surface area contributed by atoms with Gasteiger partial charge in [0.25, 0.3) is 5.88 Å². The van der Waals surface area contributed by atoms with Crippen LogP contribution in [0.25, 0.3) is 22.7 Å². The molecule has 12 nitrogen and oxygen atoms in total. The predicted molar refractivity (Wildman–Crippen MR) is 157 cm³/mol. The second-order valence-electron chi connectivity index (χ2n) is 11.7. The van der Waals surface area contributed by atoms with E-state index < -0.39 is 23.6 Å². The highest BCUT2D eigenvalue weighted by Gasteiger charge is 2.36. The number of H-pyrrole nitrogens is 1. The van der Waals surface area contributed by atoms with Gasteiger partial charge in [-0.1, -0.05) is 6.07 Å². The van der Waals surface area contributed by atoms with Crippen LogP contribution in [0, 0.1) is 23.0 Å². The molecule has 2 saturated heterocycles. The average molecular weight is 667 g/mol. The number of rotatable bonds is 9. The quantitative estimate of drug-likeness (QED) is 0.215. The smallest absolute Gasteiger partial charge is 0.451 e. The Morgan fingerprint density at radius 2 is 1.79 bits per heavy atom. The zero-order chi connectivity index (χ0) is 33.4. The van der Waals surface area contributed by atoms with Crippen molar-refractivity contribution in [3.63, 3.8) is 0 Å². The van der Waals surface area contributed by atoms with E-state index in [0.717, 1.165) is 25.3 Å². The van der Waals surface area contributed by atoms with Crippen LogP contribution in [-0.4, -0.2) is 70.6 Å². The minimum Gasteiger partial charge on any atom is -0.471 e. The van der Waals surface area contributed by atoms with Crippen molar-refractivity contribution < 1.29 is 31.4 Å². The van der Waals surface area contributed by atoms with E-state index in [-0.39, 0.29) is 47.2 Å². The molecule has 0 radical (unpaired) electrons. The van der Waals surface area contributed by atoms with Gasteiger partial charge in [-0.05, 0) is 62.7 Å². The Bertz CT molecular complexity index is 1990. The summed E-state index contributed by atoms with van der Waals surface area (Å²) in [4.78, 5) is 13.6. The summed E-state index contributed by atoms with van der Waals surface area (Å²) >= 11 is 0. The van der Waals surface area contributed by atoms with E-state index in [9.17, 15) is 22.0 Å². The molecule has 0 aliphatic carbocycles. The highest BCUT2D eigenvalue weighted by molar-refractivity contribution is 5.75. The minimum absolute atomic E-state index is 0.00801. The molecule has 5 aromatic rings. The summed E-state index contributed by atoms with van der Waals surface area (Å²) in [5, 5.41) is 24.1. The number of hydrogen-bond acceptors (Lipinski definition) is 10. The monoisotopic (exact) mass is 666 g/mol. The number of fused-ring (bicyclic) bond motifs is 1. The standard InChI is InChI=1S/C31H27F5N10O2/c32-21-3-4-23(39-29(21)48-16-19-2-1-17(13-37)11-22(19)33)18-5-8-45(9-6-18)15-26-38-25-12-24(27-40-30(44-42-27)31(34,35)36)41-43-28(25)46(26)14-20-7-10-47-20/h1-4,11-12,18,20H,5-10,14-16H2,(H,40,42,44)/t20-/m0/s1. The van der Waals surface area contributed by atoms with Crippen LogP contribution in [0.2, 0.25) is 0 Å². The average Bonchev–Trinajstić information content (AvgIpc) is 3.68. The van der Waals surface area contributed by atoms with Crippen LogP contribution in [-0.2, 0) is 30.6 Å². The number of ether oxygens (including phenoxy) is 2. The molecule has 48 heavy (non-hydrogen) atoms. The van der Waals surface area contributed by atoms with E-state index in [1.165, 1.54) is 24.3 Å². The second kappa shape index (κ2) is 12.8. The highest BCUT2D eigenvalue weighted by Crippen LogP contribution is 2.31. The Labute approximate surface area is 269 Å². The number of nitriles is 1. The van der Waals surface area contributed by atoms with Gasteiger partial charge in [-0.2, -0.15) is 18.4 Å². The Balaban J connectivity index is 1.04. The van der Waals surface area contributed by atoms with Gasteiger partial charge < -0.3 is 19.0 Å². The van der Waals surface area contributed by atoms with Gasteiger partial charge in [0.1, 0.15) is 29.5 Å². The molecule has 0 spiro atoms. The third-order valence-electron chi connectivity index (χ3n) is 8.50. The Morgan fingerprint density at radius 3 is 2.48 bits per heavy atom. The first-order valence-corrected chi connectivity index (χ1v) is 15.2. The van der Waals surface area contributed by atoms with Gasteiger partial charge >= 0.3 is 6.18 Å². The lowest BCUT2D eigenvalue weighted by molar-refractivity contribution is -0.144. The first kappa shape index (κ1) is 31.5. The Kier molecular flexibility index (Phi) is 8.43. The predicted octanol–water partition coefficient (Wildman–Crippen LogP) is 4.92. The number of piperidine rings is 1. The van der Waals surface area contributed by atoms with Crippen LogP contribution in [0.5, 0.6) is 5.88 Å². The number of nitrogens with one attached hydrogen (secondary N) is 1. The van der Waals surface area contributed by atoms with E-state index >= 15 is 0 Å². The SMILES string of the molecule is N#Cc1ccc(COc2nc(C3CCN(Cc4nc5cc(-c6nnc(C(F)(F)F)[nH]6)nnc5n4C[C@@H]4CCO4)CC3)ccc2F)c(F)c1. The first-order valence-electron chi connectivity index (χ1n) is 15.2. The summed E-state index contributed by atoms with van der Waals surface area (Å²) in [5.74, 6) is -2.13. The summed E-state index contributed by atoms with van der Waals surface area (Å²) in [6.07, 6.45) is -2.35. The molecule has 0 unspecified atom stereocenters. The number of imidazole rings is 1. The van der Waals surface area contributed by atoms with Crippen LogP contribution in [0.1, 0.15) is 53.7 Å². The second-order valence-corrected chi connectivity index (χ2v) is 11.7. The van der Waals surface area contributed by atoms with E-state index in [4.69, 9.17) is 19.7 Å². The van der Waals surface area contributed by atoms with E-state index in [1.807, 2.05) is 10.6 Å². The van der Waals surface area contributed by atoms with Crippen LogP contribution >= 0.6 is 0 Å². The fraction of sp³-hybridized carbons (Fsp3) is 0.387. The molecule has 4 aromatic heterocycles. The van der Waals surface area contributed by atoms with Gasteiger partial charge in [0, 0.05) is 23.8 Å². The number of benzene rings is 1. The topological polar surface area (TPSA) is 144 Å². The molecule has 0 saturated carbocycles. The van der Waals surface area contributed by atoms with E-state index in [0.29, 0.717) is 55.5 Å². The fourth-order valence-corrected chi connectivity index (χ4v) is 5.77. The van der Waals surface area contributed by atoms with Gasteiger partial charge in [0.15, 0.2) is 17.3 Å². The molecule has 2 fully saturated rings.